The second kappa shape index (κ2) is 5.51. The summed E-state index contributed by atoms with van der Waals surface area (Å²) < 4.78 is 34.1. The van der Waals surface area contributed by atoms with Crippen LogP contribution in [0, 0.1) is 0 Å². The van der Waals surface area contributed by atoms with E-state index in [-0.39, 0.29) is 45.7 Å². The summed E-state index contributed by atoms with van der Waals surface area (Å²) in [6.07, 6.45) is 0. The van der Waals surface area contributed by atoms with Gasteiger partial charge >= 0.3 is 45.7 Å². The molecular weight excluding hydrogens is 370 g/mol. The monoisotopic (exact) mass is 369 g/mol. The summed E-state index contributed by atoms with van der Waals surface area (Å²) in [6, 6.07) is 0. The molecule has 0 unspecified atom stereocenters. The summed E-state index contributed by atoms with van der Waals surface area (Å²) >= 11 is 0. The zero-order valence-corrected chi connectivity index (χ0v) is 10.5. The molecule has 0 aromatic rings. The van der Waals surface area contributed by atoms with Gasteiger partial charge < -0.3 is 9.11 Å². The molecule has 0 aliphatic carbocycles. The molecule has 7 heavy (non-hydrogen) atoms. The Morgan fingerprint density at radius 3 is 1.14 bits per heavy atom. The van der Waals surface area contributed by atoms with Gasteiger partial charge in [-0.05, 0) is 0 Å². The van der Waals surface area contributed by atoms with Gasteiger partial charge in [0.2, 0.25) is 0 Å². The molecule has 0 saturated heterocycles. The molecule has 0 aliphatic heterocycles. The Kier molecular flexibility index (Phi) is 12.4. The van der Waals surface area contributed by atoms with Gasteiger partial charge in [-0.3, -0.25) is 8.42 Å². The van der Waals surface area contributed by atoms with Crippen LogP contribution in [-0.2, 0) is 29.9 Å². The maximum Gasteiger partial charge on any atom is 3.00 e. The van der Waals surface area contributed by atoms with Crippen LogP contribution < -0.4 is 0 Å². The van der Waals surface area contributed by atoms with Crippen LogP contribution in [0.5, 0.6) is 0 Å². The first-order valence-corrected chi connectivity index (χ1v) is 2.00. The van der Waals surface area contributed by atoms with E-state index in [1.807, 2.05) is 0 Å². The molecule has 0 aromatic carbocycles. The SMILES string of the molecule is O=S(=O)([O-])[O-].[Bi+3].[Zn+2]. The van der Waals surface area contributed by atoms with Gasteiger partial charge in [0, 0.05) is 10.4 Å². The van der Waals surface area contributed by atoms with Crippen LogP contribution in [0.1, 0.15) is 0 Å². The van der Waals surface area contributed by atoms with Crippen LogP contribution >= 0.6 is 0 Å². The number of hydrogen-bond donors (Lipinski definition) is 0. The Labute approximate surface area is 73.1 Å². The maximum absolute atomic E-state index is 8.52. The molecule has 0 heterocycles. The molecule has 34 valence electrons. The van der Waals surface area contributed by atoms with Crippen LogP contribution in [0.25, 0.3) is 0 Å². The van der Waals surface area contributed by atoms with Crippen molar-refractivity contribution in [3.05, 3.63) is 0 Å². The summed E-state index contributed by atoms with van der Waals surface area (Å²) in [6.45, 7) is 0. The first-order valence-electron chi connectivity index (χ1n) is 0.667. The third-order valence-corrected chi connectivity index (χ3v) is 0. The Morgan fingerprint density at radius 2 is 1.14 bits per heavy atom. The fourth-order valence-electron chi connectivity index (χ4n) is 0. The van der Waals surface area contributed by atoms with E-state index in [2.05, 4.69) is 0 Å². The third kappa shape index (κ3) is 113. The molecule has 0 bridgehead atoms. The summed E-state index contributed by atoms with van der Waals surface area (Å²) in [7, 11) is -5.17. The molecule has 4 nitrogen and oxygen atoms in total. The van der Waals surface area contributed by atoms with Crippen molar-refractivity contribution in [3.63, 3.8) is 0 Å². The van der Waals surface area contributed by atoms with E-state index in [0.717, 1.165) is 0 Å². The first-order chi connectivity index (χ1) is 2.00. The summed E-state index contributed by atoms with van der Waals surface area (Å²) in [5.74, 6) is 0. The Morgan fingerprint density at radius 1 is 1.14 bits per heavy atom. The average molecular weight is 370 g/mol. The van der Waals surface area contributed by atoms with Crippen molar-refractivity contribution >= 4 is 36.6 Å². The fourth-order valence-corrected chi connectivity index (χ4v) is 0. The number of rotatable bonds is 0. The van der Waals surface area contributed by atoms with Gasteiger partial charge in [-0.15, -0.1) is 0 Å². The predicted octanol–water partition coefficient (Wildman–Crippen LogP) is -1.72. The van der Waals surface area contributed by atoms with Gasteiger partial charge in [-0.2, -0.15) is 0 Å². The van der Waals surface area contributed by atoms with Crippen LogP contribution in [0.15, 0.2) is 0 Å². The first kappa shape index (κ1) is 15.8. The van der Waals surface area contributed by atoms with Crippen LogP contribution in [-0.4, -0.2) is 43.7 Å². The minimum Gasteiger partial charge on any atom is -0.759 e. The van der Waals surface area contributed by atoms with E-state index in [9.17, 15) is 0 Å². The Hall–Kier alpha value is 1.38. The minimum atomic E-state index is -5.17. The van der Waals surface area contributed by atoms with E-state index in [0.29, 0.717) is 0 Å². The smallest absolute Gasteiger partial charge is 0.759 e. The Bertz CT molecular complexity index is 94.9. The van der Waals surface area contributed by atoms with Crippen LogP contribution in [0.2, 0.25) is 0 Å². The van der Waals surface area contributed by atoms with Crippen molar-refractivity contribution in [2.45, 2.75) is 0 Å². The van der Waals surface area contributed by atoms with Gasteiger partial charge in [0.15, 0.2) is 0 Å². The van der Waals surface area contributed by atoms with E-state index < -0.39 is 10.4 Å². The second-order valence-electron chi connectivity index (χ2n) is 0.408. The quantitative estimate of drug-likeness (QED) is 0.289. The zero-order valence-electron chi connectivity index (χ0n) is 3.20. The van der Waals surface area contributed by atoms with Crippen molar-refractivity contribution in [3.8, 4) is 0 Å². The Balaban J connectivity index is -0.0000000800. The second-order valence-corrected chi connectivity index (χ2v) is 1.22. The summed E-state index contributed by atoms with van der Waals surface area (Å²) in [5.41, 5.74) is 0. The summed E-state index contributed by atoms with van der Waals surface area (Å²) in [4.78, 5) is 0. The van der Waals surface area contributed by atoms with E-state index >= 15 is 0 Å². The average Bonchev–Trinajstić information content (AvgIpc) is 0.722. The molecule has 0 atom stereocenters. The molecule has 0 aromatic heterocycles. The van der Waals surface area contributed by atoms with Gasteiger partial charge in [0.1, 0.15) is 0 Å². The largest absolute Gasteiger partial charge is 3.00 e. The molecule has 0 rings (SSSR count). The van der Waals surface area contributed by atoms with Crippen molar-refractivity contribution in [1.29, 1.82) is 0 Å². The molecule has 0 N–H and O–H groups in total. The standard InChI is InChI=1S/Bi.H2O4S.Zn/c;1-5(2,3)4;/h;(H2,1,2,3,4);/q+3;;+2/p-2. The predicted molar refractivity (Wildman–Crippen MR) is 16.2 cm³/mol. The van der Waals surface area contributed by atoms with Gasteiger partial charge in [0.25, 0.3) is 0 Å². The zero-order chi connectivity index (χ0) is 4.50. The minimum absolute atomic E-state index is 0. The molecule has 0 fully saturated rings. The molecular formula is BiO4SZn+3. The summed E-state index contributed by atoms with van der Waals surface area (Å²) in [5, 5.41) is 0. The fraction of sp³-hybridized carbons (Fsp3) is 0. The van der Waals surface area contributed by atoms with Gasteiger partial charge in [-0.25, -0.2) is 0 Å². The number of hydrogen-bond acceptors (Lipinski definition) is 4. The maximum atomic E-state index is 8.52. The van der Waals surface area contributed by atoms with Crippen molar-refractivity contribution in [2.24, 2.45) is 0 Å². The molecule has 0 aliphatic rings. The van der Waals surface area contributed by atoms with Gasteiger partial charge in [0.05, 0.1) is 0 Å². The van der Waals surface area contributed by atoms with Crippen molar-refractivity contribution < 1.29 is 37.0 Å². The third-order valence-electron chi connectivity index (χ3n) is 0. The molecule has 7 heteroatoms. The van der Waals surface area contributed by atoms with Crippen LogP contribution in [0.3, 0.4) is 0 Å². The van der Waals surface area contributed by atoms with Crippen LogP contribution in [0.4, 0.5) is 0 Å². The molecule has 0 spiro atoms. The van der Waals surface area contributed by atoms with Crippen molar-refractivity contribution in [1.82, 2.24) is 0 Å². The molecule has 0 amide bonds. The normalized spacial score (nSPS) is 8.29. The van der Waals surface area contributed by atoms with Crippen molar-refractivity contribution in [2.75, 3.05) is 0 Å². The van der Waals surface area contributed by atoms with E-state index in [4.69, 9.17) is 17.5 Å². The topological polar surface area (TPSA) is 80.3 Å². The molecule has 2 radical (unpaired) electrons. The van der Waals surface area contributed by atoms with E-state index in [1.54, 1.807) is 0 Å². The molecule has 0 saturated carbocycles. The van der Waals surface area contributed by atoms with Gasteiger partial charge in [-0.1, -0.05) is 0 Å². The van der Waals surface area contributed by atoms with E-state index in [1.165, 1.54) is 0 Å².